The van der Waals surface area contributed by atoms with Gasteiger partial charge in [-0.25, -0.2) is 8.42 Å². The molecule has 0 saturated carbocycles. The second-order valence-corrected chi connectivity index (χ2v) is 10.3. The van der Waals surface area contributed by atoms with Gasteiger partial charge in [0.15, 0.2) is 16.4 Å². The smallest absolute Gasteiger partial charge is 0.275 e. The Morgan fingerprint density at radius 1 is 1.15 bits per heavy atom. The van der Waals surface area contributed by atoms with Gasteiger partial charge in [0.05, 0.1) is 24.2 Å². The second-order valence-electron chi connectivity index (χ2n) is 8.15. The van der Waals surface area contributed by atoms with Crippen molar-refractivity contribution < 1.29 is 27.7 Å². The number of carbonyl (C=O) groups excluding carboxylic acids is 1. The third-order valence-corrected chi connectivity index (χ3v) is 7.54. The van der Waals surface area contributed by atoms with Gasteiger partial charge < -0.3 is 19.9 Å². The van der Waals surface area contributed by atoms with Crippen molar-refractivity contribution in [2.24, 2.45) is 0 Å². The summed E-state index contributed by atoms with van der Waals surface area (Å²) in [5, 5.41) is 2.96. The van der Waals surface area contributed by atoms with Crippen molar-refractivity contribution in [2.75, 3.05) is 51.3 Å². The van der Waals surface area contributed by atoms with Gasteiger partial charge in [-0.15, -0.1) is 0 Å². The maximum Gasteiger partial charge on any atom is 0.275 e. The summed E-state index contributed by atoms with van der Waals surface area (Å²) in [6.45, 7) is 7.20. The highest BCUT2D eigenvalue weighted by atomic mass is 32.2. The lowest BCUT2D eigenvalue weighted by atomic mass is 10.0. The molecule has 1 amide bonds. The van der Waals surface area contributed by atoms with Crippen LogP contribution in [0.15, 0.2) is 24.3 Å². The van der Waals surface area contributed by atoms with Crippen molar-refractivity contribution in [1.29, 1.82) is 0 Å². The lowest BCUT2D eigenvalue weighted by Gasteiger charge is -2.30. The summed E-state index contributed by atoms with van der Waals surface area (Å²) < 4.78 is 28.5. The van der Waals surface area contributed by atoms with E-state index in [1.165, 1.54) is 15.4 Å². The molecular formula is C19H31N3O4S+2. The molecule has 0 aliphatic carbocycles. The fraction of sp³-hybridized carbons (Fsp3) is 0.632. The molecule has 0 bridgehead atoms. The minimum atomic E-state index is -3.01. The fourth-order valence-electron chi connectivity index (χ4n) is 4.06. The Balaban J connectivity index is 1.42. The predicted octanol–water partition coefficient (Wildman–Crippen LogP) is -2.33. The van der Waals surface area contributed by atoms with E-state index in [1.54, 1.807) is 7.11 Å². The zero-order valence-corrected chi connectivity index (χ0v) is 17.0. The topological polar surface area (TPSA) is 81.3 Å². The van der Waals surface area contributed by atoms with E-state index in [-0.39, 0.29) is 17.4 Å². The molecule has 3 rings (SSSR count). The third kappa shape index (κ3) is 5.67. The number of hydrogen-bond acceptors (Lipinski definition) is 4. The summed E-state index contributed by atoms with van der Waals surface area (Å²) in [5.74, 6) is 1.06. The number of sulfone groups is 1. The Bertz CT molecular complexity index is 758. The van der Waals surface area contributed by atoms with Gasteiger partial charge in [-0.2, -0.15) is 0 Å². The second kappa shape index (κ2) is 8.16. The zero-order valence-electron chi connectivity index (χ0n) is 16.2. The molecule has 0 unspecified atom stereocenters. The zero-order chi connectivity index (χ0) is 19.5. The van der Waals surface area contributed by atoms with Gasteiger partial charge >= 0.3 is 0 Å². The average molecular weight is 398 g/mol. The van der Waals surface area contributed by atoms with Crippen molar-refractivity contribution in [3.63, 3.8) is 0 Å². The molecular weight excluding hydrogens is 366 g/mol. The van der Waals surface area contributed by atoms with Gasteiger partial charge in [-0.05, 0) is 37.6 Å². The predicted molar refractivity (Wildman–Crippen MR) is 103 cm³/mol. The van der Waals surface area contributed by atoms with E-state index in [0.29, 0.717) is 13.0 Å². The number of nitrogens with one attached hydrogen (secondary N) is 3. The van der Waals surface area contributed by atoms with Gasteiger partial charge in [0, 0.05) is 5.56 Å². The lowest BCUT2D eigenvalue weighted by Crippen LogP contribution is -3.28. The average Bonchev–Trinajstić information content (AvgIpc) is 2.90. The molecule has 0 radical (unpaired) electrons. The van der Waals surface area contributed by atoms with Gasteiger partial charge in [-0.1, -0.05) is 0 Å². The van der Waals surface area contributed by atoms with Crippen LogP contribution in [-0.2, 0) is 21.2 Å². The molecule has 150 valence electrons. The number of piperazine rings is 1. The molecule has 2 heterocycles. The molecule has 27 heavy (non-hydrogen) atoms. The first-order chi connectivity index (χ1) is 12.8. The molecule has 0 aromatic heterocycles. The number of quaternary nitrogens is 2. The van der Waals surface area contributed by atoms with Crippen molar-refractivity contribution in [1.82, 2.24) is 5.32 Å². The van der Waals surface area contributed by atoms with Crippen LogP contribution < -0.4 is 19.9 Å². The summed E-state index contributed by atoms with van der Waals surface area (Å²) in [5.41, 5.74) is 0.693. The number of rotatable bonds is 6. The van der Waals surface area contributed by atoms with Crippen LogP contribution in [-0.4, -0.2) is 71.2 Å². The van der Waals surface area contributed by atoms with E-state index in [2.05, 4.69) is 17.4 Å². The molecule has 7 nitrogen and oxygen atoms in total. The molecule has 1 aromatic rings. The number of ether oxygens (including phenoxy) is 1. The van der Waals surface area contributed by atoms with Crippen LogP contribution >= 0.6 is 0 Å². The first-order valence-corrected chi connectivity index (χ1v) is 11.4. The van der Waals surface area contributed by atoms with Gasteiger partial charge in [0.1, 0.15) is 38.5 Å². The first-order valence-electron chi connectivity index (χ1n) is 9.58. The van der Waals surface area contributed by atoms with Crippen LogP contribution in [0.2, 0.25) is 0 Å². The van der Waals surface area contributed by atoms with Crippen molar-refractivity contribution in [3.8, 4) is 5.75 Å². The Morgan fingerprint density at radius 2 is 1.78 bits per heavy atom. The van der Waals surface area contributed by atoms with Crippen LogP contribution in [0, 0.1) is 0 Å². The monoisotopic (exact) mass is 397 g/mol. The SMILES string of the molecule is COc1ccc(C[NH+]2CC[NH+](CC(=O)N[C@@]3(C)CCS(=O)(=O)C3)CC2)cc1. The molecule has 3 N–H and O–H groups in total. The Kier molecular flexibility index (Phi) is 6.08. The van der Waals surface area contributed by atoms with Crippen LogP contribution in [0.3, 0.4) is 0 Å². The third-order valence-electron chi connectivity index (χ3n) is 5.63. The van der Waals surface area contributed by atoms with Gasteiger partial charge in [-0.3, -0.25) is 4.79 Å². The maximum atomic E-state index is 12.4. The van der Waals surface area contributed by atoms with Gasteiger partial charge in [0.25, 0.3) is 5.91 Å². The summed E-state index contributed by atoms with van der Waals surface area (Å²) in [6, 6.07) is 8.19. The quantitative estimate of drug-likeness (QED) is 0.503. The van der Waals surface area contributed by atoms with E-state index < -0.39 is 15.4 Å². The summed E-state index contributed by atoms with van der Waals surface area (Å²) in [7, 11) is -1.34. The Morgan fingerprint density at radius 3 is 2.33 bits per heavy atom. The van der Waals surface area contributed by atoms with E-state index in [0.717, 1.165) is 38.5 Å². The van der Waals surface area contributed by atoms with E-state index in [4.69, 9.17) is 4.74 Å². The van der Waals surface area contributed by atoms with Crippen molar-refractivity contribution >= 4 is 15.7 Å². The Labute approximate surface area is 161 Å². The van der Waals surface area contributed by atoms with Crippen molar-refractivity contribution in [2.45, 2.75) is 25.4 Å². The molecule has 8 heteroatoms. The molecule has 2 fully saturated rings. The first kappa shape index (κ1) is 20.1. The standard InChI is InChI=1S/C19H29N3O4S/c1-19(7-12-27(24,25)15-19)20-18(23)14-22-10-8-21(9-11-22)13-16-3-5-17(26-2)6-4-16/h3-6H,7-15H2,1-2H3,(H,20,23)/p+2/t19-/m0/s1. The number of hydrogen-bond donors (Lipinski definition) is 3. The molecule has 2 aliphatic heterocycles. The summed E-state index contributed by atoms with van der Waals surface area (Å²) >= 11 is 0. The number of carbonyl (C=O) groups is 1. The maximum absolute atomic E-state index is 12.4. The van der Waals surface area contributed by atoms with E-state index in [1.807, 2.05) is 19.1 Å². The number of benzene rings is 1. The molecule has 1 atom stereocenters. The summed E-state index contributed by atoms with van der Waals surface area (Å²) in [6.07, 6.45) is 0.510. The van der Waals surface area contributed by atoms with Crippen LogP contribution in [0.5, 0.6) is 5.75 Å². The highest BCUT2D eigenvalue weighted by molar-refractivity contribution is 7.91. The van der Waals surface area contributed by atoms with E-state index in [9.17, 15) is 13.2 Å². The van der Waals surface area contributed by atoms with E-state index >= 15 is 0 Å². The number of amides is 1. The minimum Gasteiger partial charge on any atom is -0.497 e. The minimum absolute atomic E-state index is 0.0387. The lowest BCUT2D eigenvalue weighted by molar-refractivity contribution is -1.02. The van der Waals surface area contributed by atoms with Gasteiger partial charge in [0.2, 0.25) is 0 Å². The Hall–Kier alpha value is -1.64. The molecule has 2 aliphatic rings. The molecule has 1 aromatic carbocycles. The summed E-state index contributed by atoms with van der Waals surface area (Å²) in [4.78, 5) is 15.2. The normalized spacial score (nSPS) is 30.0. The highest BCUT2D eigenvalue weighted by Gasteiger charge is 2.40. The number of methoxy groups -OCH3 is 1. The van der Waals surface area contributed by atoms with Crippen LogP contribution in [0.4, 0.5) is 0 Å². The van der Waals surface area contributed by atoms with Crippen LogP contribution in [0.1, 0.15) is 18.9 Å². The molecule has 2 saturated heterocycles. The largest absolute Gasteiger partial charge is 0.497 e. The van der Waals surface area contributed by atoms with Crippen molar-refractivity contribution in [3.05, 3.63) is 29.8 Å². The van der Waals surface area contributed by atoms with Crippen LogP contribution in [0.25, 0.3) is 0 Å². The molecule has 0 spiro atoms. The highest BCUT2D eigenvalue weighted by Crippen LogP contribution is 2.22. The fourth-order valence-corrected chi connectivity index (χ4v) is 6.15.